The Morgan fingerprint density at radius 3 is 2.05 bits per heavy atom. The van der Waals surface area contributed by atoms with Gasteiger partial charge in [0.15, 0.2) is 9.84 Å². The molecule has 0 heterocycles. The molecule has 1 aromatic carbocycles. The minimum absolute atomic E-state index is 0.0697. The van der Waals surface area contributed by atoms with Crippen LogP contribution >= 0.6 is 0 Å². The van der Waals surface area contributed by atoms with Crippen molar-refractivity contribution in [3.8, 4) is 0 Å². The van der Waals surface area contributed by atoms with Crippen molar-refractivity contribution in [2.45, 2.75) is 37.3 Å². The first kappa shape index (κ1) is 18.0. The van der Waals surface area contributed by atoms with E-state index in [-0.39, 0.29) is 17.5 Å². The number of alkyl halides is 2. The Morgan fingerprint density at radius 1 is 1.14 bits per heavy atom. The van der Waals surface area contributed by atoms with Crippen molar-refractivity contribution in [3.63, 3.8) is 0 Å². The molecule has 0 amide bonds. The Balaban J connectivity index is 2.80. The lowest BCUT2D eigenvalue weighted by Gasteiger charge is -2.28. The zero-order valence-corrected chi connectivity index (χ0v) is 13.1. The second-order valence-corrected chi connectivity index (χ2v) is 7.31. The number of benzene rings is 1. The van der Waals surface area contributed by atoms with Crippen LogP contribution in [0.25, 0.3) is 0 Å². The Bertz CT molecular complexity index is 544. The first-order chi connectivity index (χ1) is 9.61. The van der Waals surface area contributed by atoms with Crippen molar-refractivity contribution in [1.29, 1.82) is 0 Å². The molecule has 0 aliphatic heterocycles. The summed E-state index contributed by atoms with van der Waals surface area (Å²) in [5, 5.41) is 10.1. The zero-order valence-electron chi connectivity index (χ0n) is 12.3. The van der Waals surface area contributed by atoms with E-state index in [1.54, 1.807) is 13.8 Å². The molecule has 120 valence electrons. The third-order valence-corrected chi connectivity index (χ3v) is 4.33. The molecule has 1 atom stereocenters. The molecule has 0 aliphatic carbocycles. The van der Waals surface area contributed by atoms with E-state index in [9.17, 15) is 22.3 Å². The van der Waals surface area contributed by atoms with E-state index >= 15 is 0 Å². The first-order valence-corrected chi connectivity index (χ1v) is 8.50. The normalized spacial score (nSPS) is 14.1. The van der Waals surface area contributed by atoms with Crippen molar-refractivity contribution in [2.24, 2.45) is 0 Å². The van der Waals surface area contributed by atoms with Gasteiger partial charge in [-0.1, -0.05) is 12.1 Å². The summed E-state index contributed by atoms with van der Waals surface area (Å²) in [5.41, 5.74) is 0.502. The fourth-order valence-electron chi connectivity index (χ4n) is 1.94. The number of sulfone groups is 1. The van der Waals surface area contributed by atoms with Gasteiger partial charge in [-0.15, -0.1) is 0 Å². The van der Waals surface area contributed by atoms with E-state index in [1.807, 2.05) is 0 Å². The molecule has 21 heavy (non-hydrogen) atoms. The largest absolute Gasteiger partial charge is 0.387 e. The highest BCUT2D eigenvalue weighted by Gasteiger charge is 2.20. The molecule has 0 bridgehead atoms. The highest BCUT2D eigenvalue weighted by molar-refractivity contribution is 7.90. The summed E-state index contributed by atoms with van der Waals surface area (Å²) < 4.78 is 47.7. The fraction of sp³-hybridized carbons (Fsp3) is 0.571. The number of rotatable bonds is 7. The minimum Gasteiger partial charge on any atom is -0.387 e. The molecular formula is C14H21F2NO3S. The van der Waals surface area contributed by atoms with Crippen molar-refractivity contribution in [1.82, 2.24) is 4.90 Å². The van der Waals surface area contributed by atoms with Crippen LogP contribution < -0.4 is 0 Å². The van der Waals surface area contributed by atoms with Crippen LogP contribution in [0.5, 0.6) is 0 Å². The topological polar surface area (TPSA) is 57.6 Å². The van der Waals surface area contributed by atoms with Crippen LogP contribution in [-0.4, -0.2) is 50.2 Å². The van der Waals surface area contributed by atoms with Gasteiger partial charge in [0.25, 0.3) is 6.43 Å². The number of aliphatic hydroxyl groups is 1. The lowest BCUT2D eigenvalue weighted by Crippen LogP contribution is -2.38. The van der Waals surface area contributed by atoms with E-state index in [1.165, 1.54) is 29.2 Å². The van der Waals surface area contributed by atoms with Gasteiger partial charge in [0.2, 0.25) is 0 Å². The van der Waals surface area contributed by atoms with Gasteiger partial charge >= 0.3 is 0 Å². The molecule has 0 saturated carbocycles. The van der Waals surface area contributed by atoms with Gasteiger partial charge in [0.1, 0.15) is 0 Å². The molecule has 1 rings (SSSR count). The maximum Gasteiger partial charge on any atom is 0.251 e. The minimum atomic E-state index is -3.29. The van der Waals surface area contributed by atoms with Crippen LogP contribution in [0.4, 0.5) is 8.78 Å². The summed E-state index contributed by atoms with van der Waals surface area (Å²) in [4.78, 5) is 1.64. The second-order valence-electron chi connectivity index (χ2n) is 5.30. The van der Waals surface area contributed by atoms with Crippen LogP contribution in [0.1, 0.15) is 25.5 Å². The van der Waals surface area contributed by atoms with Crippen molar-refractivity contribution >= 4 is 9.84 Å². The number of aliphatic hydroxyl groups excluding tert-OH is 1. The molecular weight excluding hydrogens is 300 g/mol. The van der Waals surface area contributed by atoms with Gasteiger partial charge in [0, 0.05) is 18.8 Å². The molecule has 1 aromatic rings. The summed E-state index contributed by atoms with van der Waals surface area (Å²) in [7, 11) is -3.29. The SMILES string of the molecule is CC(C)N(CC(F)F)CC(O)c1ccc(S(C)(=O)=O)cc1. The maximum absolute atomic E-state index is 12.5. The van der Waals surface area contributed by atoms with Crippen molar-refractivity contribution in [2.75, 3.05) is 19.3 Å². The van der Waals surface area contributed by atoms with Crippen LogP contribution in [0, 0.1) is 0 Å². The second kappa shape index (κ2) is 7.29. The molecule has 4 nitrogen and oxygen atoms in total. The average molecular weight is 321 g/mol. The van der Waals surface area contributed by atoms with E-state index in [4.69, 9.17) is 0 Å². The fourth-order valence-corrected chi connectivity index (χ4v) is 2.57. The molecule has 0 fully saturated rings. The number of hydrogen-bond donors (Lipinski definition) is 1. The quantitative estimate of drug-likeness (QED) is 0.835. The summed E-state index contributed by atoms with van der Waals surface area (Å²) in [5.74, 6) is 0. The van der Waals surface area contributed by atoms with Gasteiger partial charge in [-0.3, -0.25) is 4.90 Å². The average Bonchev–Trinajstić information content (AvgIpc) is 2.36. The number of nitrogens with zero attached hydrogens (tertiary/aromatic N) is 1. The lowest BCUT2D eigenvalue weighted by atomic mass is 10.1. The van der Waals surface area contributed by atoms with E-state index in [0.717, 1.165) is 6.26 Å². The molecule has 7 heteroatoms. The third kappa shape index (κ3) is 5.68. The molecule has 0 radical (unpaired) electrons. The first-order valence-electron chi connectivity index (χ1n) is 6.61. The standard InChI is InChI=1S/C14H21F2NO3S/c1-10(2)17(9-14(15)16)8-13(18)11-4-6-12(7-5-11)21(3,19)20/h4-7,10,13-14,18H,8-9H2,1-3H3. The molecule has 0 spiro atoms. The number of halogens is 2. The molecule has 1 N–H and O–H groups in total. The van der Waals surface area contributed by atoms with Gasteiger partial charge in [-0.05, 0) is 31.5 Å². The highest BCUT2D eigenvalue weighted by Crippen LogP contribution is 2.19. The summed E-state index contributed by atoms with van der Waals surface area (Å²) in [6, 6.07) is 5.69. The Morgan fingerprint density at radius 2 is 1.67 bits per heavy atom. The van der Waals surface area contributed by atoms with E-state index < -0.39 is 28.9 Å². The predicted molar refractivity (Wildman–Crippen MR) is 77.2 cm³/mol. The summed E-state index contributed by atoms with van der Waals surface area (Å²) in [6.07, 6.45) is -2.31. The molecule has 0 aliphatic rings. The predicted octanol–water partition coefficient (Wildman–Crippen LogP) is 2.10. The van der Waals surface area contributed by atoms with Crippen molar-refractivity contribution in [3.05, 3.63) is 29.8 Å². The maximum atomic E-state index is 12.5. The van der Waals surface area contributed by atoms with Gasteiger partial charge in [-0.2, -0.15) is 0 Å². The summed E-state index contributed by atoms with van der Waals surface area (Å²) >= 11 is 0. The Kier molecular flexibility index (Phi) is 6.24. The Labute approximate surface area is 124 Å². The van der Waals surface area contributed by atoms with E-state index in [2.05, 4.69) is 0 Å². The third-order valence-electron chi connectivity index (χ3n) is 3.20. The lowest BCUT2D eigenvalue weighted by molar-refractivity contribution is 0.0390. The van der Waals surface area contributed by atoms with Crippen molar-refractivity contribution < 1.29 is 22.3 Å². The van der Waals surface area contributed by atoms with Gasteiger partial charge < -0.3 is 5.11 Å². The summed E-state index contributed by atoms with van der Waals surface area (Å²) in [6.45, 7) is 3.22. The van der Waals surface area contributed by atoms with Crippen LogP contribution in [0.15, 0.2) is 29.2 Å². The molecule has 0 saturated heterocycles. The monoisotopic (exact) mass is 321 g/mol. The van der Waals surface area contributed by atoms with Gasteiger partial charge in [0.05, 0.1) is 17.5 Å². The van der Waals surface area contributed by atoms with Crippen LogP contribution in [-0.2, 0) is 9.84 Å². The van der Waals surface area contributed by atoms with Crippen LogP contribution in [0.2, 0.25) is 0 Å². The zero-order chi connectivity index (χ0) is 16.2. The molecule has 1 unspecified atom stereocenters. The van der Waals surface area contributed by atoms with Gasteiger partial charge in [-0.25, -0.2) is 17.2 Å². The molecule has 0 aromatic heterocycles. The number of hydrogen-bond acceptors (Lipinski definition) is 4. The Hall–Kier alpha value is -1.05. The van der Waals surface area contributed by atoms with E-state index in [0.29, 0.717) is 5.56 Å². The highest BCUT2D eigenvalue weighted by atomic mass is 32.2. The van der Waals surface area contributed by atoms with Crippen LogP contribution in [0.3, 0.4) is 0 Å². The smallest absolute Gasteiger partial charge is 0.251 e.